The lowest BCUT2D eigenvalue weighted by atomic mass is 10.1. The summed E-state index contributed by atoms with van der Waals surface area (Å²) in [4.78, 5) is 28.8. The van der Waals surface area contributed by atoms with Crippen molar-refractivity contribution in [2.24, 2.45) is 0 Å². The third kappa shape index (κ3) is 7.97. The lowest BCUT2D eigenvalue weighted by Crippen LogP contribution is -2.55. The number of rotatable bonds is 10. The molecule has 1 atom stereocenters. The van der Waals surface area contributed by atoms with Gasteiger partial charge >= 0.3 is 0 Å². The molecule has 7 nitrogen and oxygen atoms in total. The van der Waals surface area contributed by atoms with Crippen LogP contribution < -0.4 is 9.62 Å². The summed E-state index contributed by atoms with van der Waals surface area (Å²) in [6, 6.07) is 20.2. The Morgan fingerprint density at radius 1 is 0.897 bits per heavy atom. The van der Waals surface area contributed by atoms with Crippen LogP contribution in [0.1, 0.15) is 39.7 Å². The highest BCUT2D eigenvalue weighted by atomic mass is 35.5. The molecule has 0 heterocycles. The van der Waals surface area contributed by atoms with Crippen LogP contribution in [-0.4, -0.2) is 43.3 Å². The molecule has 3 aromatic carbocycles. The van der Waals surface area contributed by atoms with Gasteiger partial charge in [0, 0.05) is 22.1 Å². The molecule has 2 amide bonds. The van der Waals surface area contributed by atoms with Crippen LogP contribution in [0.2, 0.25) is 10.0 Å². The zero-order valence-electron chi connectivity index (χ0n) is 22.4. The predicted octanol–water partition coefficient (Wildman–Crippen LogP) is 5.91. The van der Waals surface area contributed by atoms with E-state index in [-0.39, 0.29) is 23.0 Å². The molecule has 0 saturated heterocycles. The van der Waals surface area contributed by atoms with Gasteiger partial charge in [-0.05, 0) is 75.2 Å². The number of carbonyl (C=O) groups is 2. The van der Waals surface area contributed by atoms with E-state index in [0.29, 0.717) is 22.0 Å². The van der Waals surface area contributed by atoms with Crippen LogP contribution in [0.25, 0.3) is 0 Å². The number of nitrogens with zero attached hydrogens (tertiary/aromatic N) is 2. The fourth-order valence-corrected chi connectivity index (χ4v) is 5.80. The fourth-order valence-electron chi connectivity index (χ4n) is 4.04. The van der Waals surface area contributed by atoms with Gasteiger partial charge in [0.15, 0.2) is 0 Å². The highest BCUT2D eigenvalue weighted by Crippen LogP contribution is 2.27. The molecule has 208 valence electrons. The average molecular weight is 591 g/mol. The molecule has 0 radical (unpaired) electrons. The maximum Gasteiger partial charge on any atom is 0.264 e. The lowest BCUT2D eigenvalue weighted by Gasteiger charge is -2.35. The van der Waals surface area contributed by atoms with E-state index in [1.54, 1.807) is 61.5 Å². The van der Waals surface area contributed by atoms with Crippen molar-refractivity contribution >= 4 is 50.7 Å². The SMILES string of the molecule is CC[C@H](C(=O)NC(C)(C)C)N(Cc1ccccc1Cl)C(=O)CN(c1ccc(Cl)cc1)S(=O)(=O)c1ccccc1. The van der Waals surface area contributed by atoms with Crippen LogP contribution in [-0.2, 0) is 26.2 Å². The maximum absolute atomic E-state index is 14.0. The highest BCUT2D eigenvalue weighted by molar-refractivity contribution is 7.92. The van der Waals surface area contributed by atoms with E-state index in [0.717, 1.165) is 4.31 Å². The molecular weight excluding hydrogens is 557 g/mol. The number of carbonyl (C=O) groups excluding carboxylic acids is 2. The topological polar surface area (TPSA) is 86.8 Å². The molecule has 39 heavy (non-hydrogen) atoms. The predicted molar refractivity (Wildman–Crippen MR) is 156 cm³/mol. The number of hydrogen-bond donors (Lipinski definition) is 1. The Labute approximate surface area is 240 Å². The Balaban J connectivity index is 2.07. The number of hydrogen-bond acceptors (Lipinski definition) is 4. The lowest BCUT2D eigenvalue weighted by molar-refractivity contribution is -0.141. The highest BCUT2D eigenvalue weighted by Gasteiger charge is 2.34. The molecule has 0 aromatic heterocycles. The smallest absolute Gasteiger partial charge is 0.264 e. The second-order valence-electron chi connectivity index (χ2n) is 10.1. The van der Waals surface area contributed by atoms with Gasteiger partial charge < -0.3 is 10.2 Å². The van der Waals surface area contributed by atoms with Crippen molar-refractivity contribution in [3.63, 3.8) is 0 Å². The molecule has 0 aliphatic carbocycles. The second-order valence-corrected chi connectivity index (χ2v) is 12.8. The number of amides is 2. The van der Waals surface area contributed by atoms with Crippen molar-refractivity contribution < 1.29 is 18.0 Å². The van der Waals surface area contributed by atoms with E-state index in [1.807, 2.05) is 20.8 Å². The van der Waals surface area contributed by atoms with E-state index in [1.165, 1.54) is 29.2 Å². The normalized spacial score (nSPS) is 12.5. The number of anilines is 1. The summed E-state index contributed by atoms with van der Waals surface area (Å²) in [6.45, 7) is 6.85. The average Bonchev–Trinajstić information content (AvgIpc) is 2.88. The minimum absolute atomic E-state index is 0.0222. The number of sulfonamides is 1. The van der Waals surface area contributed by atoms with E-state index in [9.17, 15) is 18.0 Å². The summed E-state index contributed by atoms with van der Waals surface area (Å²) in [5.41, 5.74) is 0.371. The summed E-state index contributed by atoms with van der Waals surface area (Å²) in [5.74, 6) is -0.894. The van der Waals surface area contributed by atoms with Crippen molar-refractivity contribution in [1.82, 2.24) is 10.2 Å². The third-order valence-corrected chi connectivity index (χ3v) is 8.32. The molecular formula is C29H33Cl2N3O4S. The van der Waals surface area contributed by atoms with Crippen molar-refractivity contribution in [3.8, 4) is 0 Å². The van der Waals surface area contributed by atoms with Crippen molar-refractivity contribution in [3.05, 3.63) is 94.5 Å². The van der Waals surface area contributed by atoms with Crippen LogP contribution in [0.3, 0.4) is 0 Å². The summed E-state index contributed by atoms with van der Waals surface area (Å²) in [7, 11) is -4.14. The van der Waals surface area contributed by atoms with E-state index >= 15 is 0 Å². The monoisotopic (exact) mass is 589 g/mol. The van der Waals surface area contributed by atoms with Crippen molar-refractivity contribution in [2.75, 3.05) is 10.8 Å². The molecule has 3 rings (SSSR count). The minimum Gasteiger partial charge on any atom is -0.350 e. The van der Waals surface area contributed by atoms with E-state index < -0.39 is 34.1 Å². The van der Waals surface area contributed by atoms with Crippen molar-refractivity contribution in [1.29, 1.82) is 0 Å². The fraction of sp³-hybridized carbons (Fsp3) is 0.310. The molecule has 0 unspecified atom stereocenters. The Morgan fingerprint density at radius 3 is 2.05 bits per heavy atom. The molecule has 0 aliphatic heterocycles. The van der Waals surface area contributed by atoms with Gasteiger partial charge in [0.2, 0.25) is 11.8 Å². The molecule has 3 aromatic rings. The first kappa shape index (κ1) is 30.5. The van der Waals surface area contributed by atoms with Crippen molar-refractivity contribution in [2.45, 2.75) is 57.1 Å². The number of benzene rings is 3. The maximum atomic E-state index is 14.0. The van der Waals surface area contributed by atoms with Crippen LogP contribution in [0.4, 0.5) is 5.69 Å². The zero-order chi connectivity index (χ0) is 28.8. The summed E-state index contributed by atoms with van der Waals surface area (Å²) >= 11 is 12.5. The quantitative estimate of drug-likeness (QED) is 0.318. The van der Waals surface area contributed by atoms with Crippen LogP contribution in [0.5, 0.6) is 0 Å². The molecule has 10 heteroatoms. The van der Waals surface area contributed by atoms with Crippen LogP contribution >= 0.6 is 23.2 Å². The van der Waals surface area contributed by atoms with E-state index in [4.69, 9.17) is 23.2 Å². The molecule has 0 aliphatic rings. The summed E-state index contributed by atoms with van der Waals surface area (Å²) in [5, 5.41) is 3.80. The third-order valence-electron chi connectivity index (χ3n) is 5.91. The van der Waals surface area contributed by atoms with Gasteiger partial charge in [-0.3, -0.25) is 13.9 Å². The Bertz CT molecular complexity index is 1390. The first-order chi connectivity index (χ1) is 18.3. The molecule has 0 saturated carbocycles. The minimum atomic E-state index is -4.14. The Morgan fingerprint density at radius 2 is 1.49 bits per heavy atom. The van der Waals surface area contributed by atoms with Gasteiger partial charge in [0.1, 0.15) is 12.6 Å². The number of halogens is 2. The Hall–Kier alpha value is -3.07. The first-order valence-electron chi connectivity index (χ1n) is 12.5. The zero-order valence-corrected chi connectivity index (χ0v) is 24.7. The van der Waals surface area contributed by atoms with E-state index in [2.05, 4.69) is 5.32 Å². The summed E-state index contributed by atoms with van der Waals surface area (Å²) < 4.78 is 28.6. The second kappa shape index (κ2) is 12.9. The van der Waals surface area contributed by atoms with Crippen LogP contribution in [0, 0.1) is 0 Å². The van der Waals surface area contributed by atoms with Gasteiger partial charge in [-0.15, -0.1) is 0 Å². The molecule has 0 spiro atoms. The van der Waals surface area contributed by atoms with Crippen LogP contribution in [0.15, 0.2) is 83.8 Å². The summed E-state index contributed by atoms with van der Waals surface area (Å²) in [6.07, 6.45) is 0.310. The number of nitrogens with one attached hydrogen (secondary N) is 1. The van der Waals surface area contributed by atoms with Gasteiger partial charge in [-0.1, -0.05) is 66.5 Å². The van der Waals surface area contributed by atoms with Gasteiger partial charge in [-0.2, -0.15) is 0 Å². The molecule has 0 fully saturated rings. The Kier molecular flexibility index (Phi) is 10.0. The van der Waals surface area contributed by atoms with Gasteiger partial charge in [0.05, 0.1) is 10.6 Å². The molecule has 0 bridgehead atoms. The largest absolute Gasteiger partial charge is 0.350 e. The van der Waals surface area contributed by atoms with Gasteiger partial charge in [0.25, 0.3) is 10.0 Å². The van der Waals surface area contributed by atoms with Gasteiger partial charge in [-0.25, -0.2) is 8.42 Å². The standard InChI is InChI=1S/C29H33Cl2N3O4S/c1-5-26(28(36)32-29(2,3)4)33(19-21-11-9-10-14-25(21)31)27(35)20-34(23-17-15-22(30)16-18-23)39(37,38)24-12-7-6-8-13-24/h6-18,26H,5,19-20H2,1-4H3,(H,32,36)/t26-/m1/s1. The molecule has 1 N–H and O–H groups in total. The first-order valence-corrected chi connectivity index (χ1v) is 14.7.